The molecule has 140 valence electrons. The number of carbonyl (C=O) groups excluding carboxylic acids is 1. The van der Waals surface area contributed by atoms with Crippen molar-refractivity contribution in [2.75, 3.05) is 0 Å². The third kappa shape index (κ3) is 2.73. The Morgan fingerprint density at radius 3 is 2.74 bits per heavy atom. The number of carbonyl (C=O) groups is 1. The summed E-state index contributed by atoms with van der Waals surface area (Å²) in [6, 6.07) is 4.20. The van der Waals surface area contributed by atoms with Crippen LogP contribution >= 0.6 is 0 Å². The van der Waals surface area contributed by atoms with Crippen LogP contribution in [0.25, 0.3) is 10.9 Å². The SMILES string of the molecule is Cn1cc(C(=O)N2[C@@H]3CC[C@@H]2CC(O)(Cn2ccc4ccncc42)C3)cn1. The summed E-state index contributed by atoms with van der Waals surface area (Å²) in [6.45, 7) is 0.532. The van der Waals surface area contributed by atoms with Crippen molar-refractivity contribution in [3.8, 4) is 0 Å². The van der Waals surface area contributed by atoms with Gasteiger partial charge in [-0.25, -0.2) is 0 Å². The largest absolute Gasteiger partial charge is 0.388 e. The van der Waals surface area contributed by atoms with E-state index in [-0.39, 0.29) is 18.0 Å². The fraction of sp³-hybridized carbons (Fsp3) is 0.450. The molecule has 3 aromatic heterocycles. The van der Waals surface area contributed by atoms with Gasteiger partial charge in [-0.1, -0.05) is 0 Å². The number of piperidine rings is 1. The summed E-state index contributed by atoms with van der Waals surface area (Å²) in [7, 11) is 1.82. The molecule has 5 heterocycles. The van der Waals surface area contributed by atoms with E-state index in [4.69, 9.17) is 0 Å². The van der Waals surface area contributed by atoms with E-state index < -0.39 is 5.60 Å². The molecule has 0 radical (unpaired) electrons. The Labute approximate surface area is 157 Å². The third-order valence-electron chi connectivity index (χ3n) is 6.08. The van der Waals surface area contributed by atoms with E-state index in [1.165, 1.54) is 0 Å². The lowest BCUT2D eigenvalue weighted by molar-refractivity contribution is -0.0533. The van der Waals surface area contributed by atoms with E-state index in [1.807, 2.05) is 30.4 Å². The average molecular weight is 365 g/mol. The molecular weight excluding hydrogens is 342 g/mol. The van der Waals surface area contributed by atoms with Crippen LogP contribution in [0.1, 0.15) is 36.0 Å². The molecule has 7 heteroatoms. The molecular formula is C20H23N5O2. The van der Waals surface area contributed by atoms with E-state index in [9.17, 15) is 9.90 Å². The summed E-state index contributed by atoms with van der Waals surface area (Å²) in [6.07, 6.45) is 12.1. The topological polar surface area (TPSA) is 76.2 Å². The van der Waals surface area contributed by atoms with Crippen molar-refractivity contribution in [3.63, 3.8) is 0 Å². The number of rotatable bonds is 3. The highest BCUT2D eigenvalue weighted by atomic mass is 16.3. The van der Waals surface area contributed by atoms with Crippen LogP contribution in [0.5, 0.6) is 0 Å². The zero-order chi connectivity index (χ0) is 18.6. The van der Waals surface area contributed by atoms with Gasteiger partial charge < -0.3 is 14.6 Å². The van der Waals surface area contributed by atoms with Crippen LogP contribution < -0.4 is 0 Å². The summed E-state index contributed by atoms with van der Waals surface area (Å²) in [5.74, 6) is 0.0354. The zero-order valence-corrected chi connectivity index (χ0v) is 15.3. The van der Waals surface area contributed by atoms with Gasteiger partial charge in [0.15, 0.2) is 0 Å². The lowest BCUT2D eigenvalue weighted by atomic mass is 9.85. The number of nitrogens with zero attached hydrogens (tertiary/aromatic N) is 5. The fourth-order valence-electron chi connectivity index (χ4n) is 4.95. The Balaban J connectivity index is 1.38. The van der Waals surface area contributed by atoms with Crippen molar-refractivity contribution in [2.24, 2.45) is 7.05 Å². The standard InChI is InChI=1S/C20H23N5O2/c1-23-12-15(10-22-23)19(26)25-16-2-3-17(25)9-20(27,8-16)13-24-7-5-14-4-6-21-11-18(14)24/h4-7,10-12,16-17,27H,2-3,8-9,13H2,1H3/t16-,17-/m1/s1. The van der Waals surface area contributed by atoms with E-state index in [0.717, 1.165) is 23.7 Å². The van der Waals surface area contributed by atoms with Gasteiger partial charge in [0, 0.05) is 43.1 Å². The van der Waals surface area contributed by atoms with Gasteiger partial charge in [0.2, 0.25) is 0 Å². The van der Waals surface area contributed by atoms with Crippen molar-refractivity contribution in [1.82, 2.24) is 24.2 Å². The highest BCUT2D eigenvalue weighted by Gasteiger charge is 2.49. The highest BCUT2D eigenvalue weighted by Crippen LogP contribution is 2.42. The number of pyridine rings is 1. The summed E-state index contributed by atoms with van der Waals surface area (Å²) in [5.41, 5.74) is 0.855. The number of fused-ring (bicyclic) bond motifs is 3. The Hall–Kier alpha value is -2.67. The Morgan fingerprint density at radius 2 is 2.04 bits per heavy atom. The molecule has 1 N–H and O–H groups in total. The van der Waals surface area contributed by atoms with Crippen LogP contribution in [0.3, 0.4) is 0 Å². The quantitative estimate of drug-likeness (QED) is 0.770. The predicted molar refractivity (Wildman–Crippen MR) is 100 cm³/mol. The second-order valence-corrected chi connectivity index (χ2v) is 8.01. The maximum absolute atomic E-state index is 13.0. The van der Waals surface area contributed by atoms with E-state index in [0.29, 0.717) is 24.9 Å². The van der Waals surface area contributed by atoms with Crippen molar-refractivity contribution in [1.29, 1.82) is 0 Å². The molecule has 2 atom stereocenters. The summed E-state index contributed by atoms with van der Waals surface area (Å²) in [5, 5.41) is 16.6. The fourth-order valence-corrected chi connectivity index (χ4v) is 4.95. The van der Waals surface area contributed by atoms with Gasteiger partial charge in [0.05, 0.1) is 35.6 Å². The molecule has 2 aliphatic heterocycles. The molecule has 2 bridgehead atoms. The molecule has 0 spiro atoms. The molecule has 5 rings (SSSR count). The minimum Gasteiger partial charge on any atom is -0.388 e. The highest BCUT2D eigenvalue weighted by molar-refractivity contribution is 5.94. The van der Waals surface area contributed by atoms with E-state index >= 15 is 0 Å². The van der Waals surface area contributed by atoms with Crippen LogP contribution in [0.2, 0.25) is 0 Å². The van der Waals surface area contributed by atoms with Crippen LogP contribution in [-0.4, -0.2) is 52.9 Å². The molecule has 1 amide bonds. The number of aliphatic hydroxyl groups is 1. The lowest BCUT2D eigenvalue weighted by Crippen LogP contribution is -2.54. The van der Waals surface area contributed by atoms with Gasteiger partial charge in [-0.15, -0.1) is 0 Å². The first-order chi connectivity index (χ1) is 13.0. The summed E-state index contributed by atoms with van der Waals surface area (Å²) >= 11 is 0. The predicted octanol–water partition coefficient (Wildman–Crippen LogP) is 1.97. The molecule has 2 saturated heterocycles. The summed E-state index contributed by atoms with van der Waals surface area (Å²) < 4.78 is 3.74. The van der Waals surface area contributed by atoms with E-state index in [1.54, 1.807) is 23.3 Å². The number of hydrogen-bond acceptors (Lipinski definition) is 4. The smallest absolute Gasteiger partial charge is 0.257 e. The molecule has 2 aliphatic rings. The van der Waals surface area contributed by atoms with Gasteiger partial charge in [-0.2, -0.15) is 5.10 Å². The minimum atomic E-state index is -0.806. The molecule has 7 nitrogen and oxygen atoms in total. The normalized spacial score (nSPS) is 27.4. The third-order valence-corrected chi connectivity index (χ3v) is 6.08. The van der Waals surface area contributed by atoms with Crippen LogP contribution in [0.15, 0.2) is 43.1 Å². The van der Waals surface area contributed by atoms with Gasteiger partial charge in [0.25, 0.3) is 5.91 Å². The molecule has 27 heavy (non-hydrogen) atoms. The average Bonchev–Trinajstić information content (AvgIpc) is 3.32. The van der Waals surface area contributed by atoms with Crippen LogP contribution in [-0.2, 0) is 13.6 Å². The lowest BCUT2D eigenvalue weighted by Gasteiger charge is -2.44. The molecule has 3 aromatic rings. The van der Waals surface area contributed by atoms with Crippen molar-refractivity contribution in [3.05, 3.63) is 48.7 Å². The second-order valence-electron chi connectivity index (χ2n) is 8.01. The first-order valence-corrected chi connectivity index (χ1v) is 9.45. The number of aryl methyl sites for hydroxylation is 1. The van der Waals surface area contributed by atoms with Crippen LogP contribution in [0, 0.1) is 0 Å². The first kappa shape index (κ1) is 16.5. The minimum absolute atomic E-state index is 0.0354. The molecule has 0 saturated carbocycles. The zero-order valence-electron chi connectivity index (χ0n) is 15.3. The number of amides is 1. The Kier molecular flexibility index (Phi) is 3.62. The van der Waals surface area contributed by atoms with Crippen molar-refractivity contribution in [2.45, 2.75) is 49.9 Å². The maximum atomic E-state index is 13.0. The molecule has 0 aromatic carbocycles. The van der Waals surface area contributed by atoms with Gasteiger partial charge >= 0.3 is 0 Å². The van der Waals surface area contributed by atoms with Gasteiger partial charge in [0.1, 0.15) is 0 Å². The maximum Gasteiger partial charge on any atom is 0.257 e. The van der Waals surface area contributed by atoms with E-state index in [2.05, 4.69) is 20.7 Å². The Morgan fingerprint density at radius 1 is 1.26 bits per heavy atom. The number of hydrogen-bond donors (Lipinski definition) is 1. The first-order valence-electron chi connectivity index (χ1n) is 9.45. The van der Waals surface area contributed by atoms with Crippen LogP contribution in [0.4, 0.5) is 0 Å². The van der Waals surface area contributed by atoms with Crippen molar-refractivity contribution < 1.29 is 9.90 Å². The Bertz CT molecular complexity index is 993. The molecule has 2 fully saturated rings. The summed E-state index contributed by atoms with van der Waals surface area (Å²) in [4.78, 5) is 19.2. The number of aromatic nitrogens is 4. The molecule has 0 aliphatic carbocycles. The van der Waals surface area contributed by atoms with Gasteiger partial charge in [-0.3, -0.25) is 14.5 Å². The van der Waals surface area contributed by atoms with Crippen molar-refractivity contribution >= 4 is 16.8 Å². The monoisotopic (exact) mass is 365 g/mol. The molecule has 0 unspecified atom stereocenters. The van der Waals surface area contributed by atoms with Gasteiger partial charge in [-0.05, 0) is 37.8 Å². The second kappa shape index (κ2) is 5.92.